The van der Waals surface area contributed by atoms with Crippen LogP contribution in [-0.2, 0) is 49.4 Å². The molecule has 1 saturated heterocycles. The van der Waals surface area contributed by atoms with E-state index in [1.165, 1.54) is 29.3 Å². The molecule has 0 amide bonds. The molecule has 1 unspecified atom stereocenters. The summed E-state index contributed by atoms with van der Waals surface area (Å²) in [6.07, 6.45) is -5.16. The maximum absolute atomic E-state index is 14.1. The van der Waals surface area contributed by atoms with Gasteiger partial charge in [-0.2, -0.15) is 0 Å². The third-order valence-electron chi connectivity index (χ3n) is 9.16. The van der Waals surface area contributed by atoms with E-state index in [0.717, 1.165) is 30.9 Å². The van der Waals surface area contributed by atoms with E-state index in [4.69, 9.17) is 33.2 Å². The number of aromatic nitrogens is 3. The lowest BCUT2D eigenvalue weighted by Gasteiger charge is -2.44. The van der Waals surface area contributed by atoms with Crippen LogP contribution >= 0.6 is 0 Å². The molecule has 0 bridgehead atoms. The zero-order chi connectivity index (χ0) is 39.2. The molecule has 0 aliphatic carbocycles. The van der Waals surface area contributed by atoms with Crippen LogP contribution in [0.5, 0.6) is 11.5 Å². The van der Waals surface area contributed by atoms with Gasteiger partial charge in [0, 0.05) is 44.9 Å². The number of Topliss-reactive ketones (excluding diaryl/α,β-unsaturated/α-hetero) is 1. The van der Waals surface area contributed by atoms with E-state index in [1.807, 2.05) is 19.9 Å². The highest BCUT2D eigenvalue weighted by Crippen LogP contribution is 2.47. The minimum absolute atomic E-state index is 0.102. The first kappa shape index (κ1) is 37.8. The normalized spacial score (nSPS) is 23.6. The molecule has 6 atom stereocenters. The predicted molar refractivity (Wildman–Crippen MR) is 184 cm³/mol. The van der Waals surface area contributed by atoms with Crippen LogP contribution in [-0.4, -0.2) is 86.5 Å². The Morgan fingerprint density at radius 2 is 1.43 bits per heavy atom. The molecule has 0 spiro atoms. The lowest BCUT2D eigenvalue weighted by atomic mass is 9.83. The molecule has 0 saturated carbocycles. The van der Waals surface area contributed by atoms with Crippen LogP contribution in [0.4, 0.5) is 0 Å². The van der Waals surface area contributed by atoms with Gasteiger partial charge in [-0.3, -0.25) is 24.0 Å². The molecule has 0 radical (unpaired) electrons. The fraction of sp³-hybridized carbons (Fsp3) is 0.432. The Labute approximate surface area is 307 Å². The van der Waals surface area contributed by atoms with Crippen LogP contribution in [0.15, 0.2) is 63.7 Å². The highest BCUT2D eigenvalue weighted by Gasteiger charge is 2.53. The topological polar surface area (TPSA) is 199 Å². The van der Waals surface area contributed by atoms with Gasteiger partial charge < -0.3 is 33.2 Å². The number of nitrogens with zero attached hydrogens (tertiary/aromatic N) is 3. The lowest BCUT2D eigenvalue weighted by molar-refractivity contribution is -0.288. The van der Waals surface area contributed by atoms with Gasteiger partial charge >= 0.3 is 35.3 Å². The second kappa shape index (κ2) is 14.5. The van der Waals surface area contributed by atoms with Crippen molar-refractivity contribution >= 4 is 29.7 Å². The number of carbonyl (C=O) groups is 5. The van der Waals surface area contributed by atoms with Crippen LogP contribution < -0.4 is 20.9 Å². The molecule has 4 heterocycles. The van der Waals surface area contributed by atoms with Gasteiger partial charge in [0.1, 0.15) is 35.9 Å². The first-order valence-corrected chi connectivity index (χ1v) is 17.0. The zero-order valence-corrected chi connectivity index (χ0v) is 30.6. The van der Waals surface area contributed by atoms with Gasteiger partial charge in [-0.25, -0.2) is 23.5 Å². The highest BCUT2D eigenvalue weighted by atomic mass is 16.7. The summed E-state index contributed by atoms with van der Waals surface area (Å²) in [7, 11) is 0. The Bertz CT molecular complexity index is 2180. The van der Waals surface area contributed by atoms with Crippen molar-refractivity contribution in [3.8, 4) is 17.2 Å². The lowest BCUT2D eigenvalue weighted by Crippen LogP contribution is -2.63. The number of ketones is 1. The summed E-state index contributed by atoms with van der Waals surface area (Å²) in [5.41, 5.74) is -0.166. The van der Waals surface area contributed by atoms with Gasteiger partial charge in [-0.1, -0.05) is 6.08 Å². The Balaban J connectivity index is 1.39. The van der Waals surface area contributed by atoms with E-state index in [2.05, 4.69) is 0 Å². The average Bonchev–Trinajstić information content (AvgIpc) is 3.34. The number of benzene rings is 2. The molecule has 3 aliphatic rings. The fourth-order valence-electron chi connectivity index (χ4n) is 6.93. The third-order valence-corrected chi connectivity index (χ3v) is 9.16. The SMILES string of the molecule is CC(=O)OC[C@H]1O[C@@H](Oc2ccc3c(c2)OC(C)(C)C2=CCn4c(=O)n(-c5ccc(C(C)=O)cc5)c(=O)n4C23)[C@H](OC(C)=O)[C@@H](OC(C)=O)[C@H]1OC(C)=O. The van der Waals surface area contributed by atoms with Crippen molar-refractivity contribution < 1.29 is 57.1 Å². The van der Waals surface area contributed by atoms with Crippen molar-refractivity contribution in [2.24, 2.45) is 0 Å². The minimum atomic E-state index is -1.50. The first-order chi connectivity index (χ1) is 25.5. The Kier molecular flexibility index (Phi) is 10.1. The van der Waals surface area contributed by atoms with Crippen LogP contribution in [0.2, 0.25) is 0 Å². The van der Waals surface area contributed by atoms with Gasteiger partial charge in [0.25, 0.3) is 0 Å². The number of hydrogen-bond acceptors (Lipinski definition) is 14. The van der Waals surface area contributed by atoms with Crippen molar-refractivity contribution in [2.75, 3.05) is 6.61 Å². The number of fused-ring (bicyclic) bond motifs is 5. The maximum Gasteiger partial charge on any atom is 0.352 e. The summed E-state index contributed by atoms with van der Waals surface area (Å²) in [6, 6.07) is 10.1. The number of carbonyl (C=O) groups excluding carboxylic acids is 5. The summed E-state index contributed by atoms with van der Waals surface area (Å²) < 4.78 is 44.1. The highest BCUT2D eigenvalue weighted by molar-refractivity contribution is 5.94. The van der Waals surface area contributed by atoms with E-state index in [1.54, 1.807) is 36.4 Å². The Morgan fingerprint density at radius 3 is 2.04 bits per heavy atom. The molecule has 3 aromatic rings. The summed E-state index contributed by atoms with van der Waals surface area (Å²) in [4.78, 5) is 88.0. The van der Waals surface area contributed by atoms with Gasteiger partial charge in [0.05, 0.1) is 12.2 Å². The average molecular weight is 750 g/mol. The van der Waals surface area contributed by atoms with Crippen molar-refractivity contribution in [1.29, 1.82) is 0 Å². The molecule has 1 aromatic heterocycles. The van der Waals surface area contributed by atoms with Gasteiger partial charge in [-0.05, 0) is 62.7 Å². The monoisotopic (exact) mass is 749 g/mol. The smallest absolute Gasteiger partial charge is 0.352 e. The molecule has 3 aliphatic heterocycles. The van der Waals surface area contributed by atoms with Crippen molar-refractivity contribution in [1.82, 2.24) is 13.9 Å². The van der Waals surface area contributed by atoms with E-state index in [-0.39, 0.29) is 23.8 Å². The Hall–Kier alpha value is -5.97. The van der Waals surface area contributed by atoms with Crippen molar-refractivity contribution in [3.63, 3.8) is 0 Å². The molecule has 6 rings (SSSR count). The number of hydrogen-bond donors (Lipinski definition) is 0. The van der Waals surface area contributed by atoms with Gasteiger partial charge in [0.15, 0.2) is 18.0 Å². The Morgan fingerprint density at radius 1 is 0.796 bits per heavy atom. The molecule has 17 heteroatoms. The number of ether oxygens (including phenoxy) is 7. The van der Waals surface area contributed by atoms with Crippen LogP contribution in [0.1, 0.15) is 70.4 Å². The van der Waals surface area contributed by atoms with Gasteiger partial charge in [-0.15, -0.1) is 0 Å². The fourth-order valence-corrected chi connectivity index (χ4v) is 6.93. The number of esters is 4. The standard InChI is InChI=1S/C37H39N3O14/c1-18(41)23-8-10-24(11-9-23)39-35(46)38-15-14-27-30(40(38)36(39)47)26-13-12-25(16-28(26)54-37(27,6)7)52-34-33(51-22(5)45)32(50-21(4)44)31(49-20(3)43)29(53-34)17-48-19(2)42/h8-14,16,29-34H,15,17H2,1-7H3/t29-,30?,31+,32+,33-,34-/m1/s1. The van der Waals surface area contributed by atoms with E-state index >= 15 is 0 Å². The van der Waals surface area contributed by atoms with Crippen LogP contribution in [0.3, 0.4) is 0 Å². The quantitative estimate of drug-likeness (QED) is 0.133. The minimum Gasteiger partial charge on any atom is -0.483 e. The molecule has 17 nitrogen and oxygen atoms in total. The van der Waals surface area contributed by atoms with Crippen molar-refractivity contribution in [2.45, 2.75) is 97.4 Å². The van der Waals surface area contributed by atoms with Crippen molar-refractivity contribution in [3.05, 3.63) is 86.2 Å². The molecule has 54 heavy (non-hydrogen) atoms. The van der Waals surface area contributed by atoms with E-state index in [0.29, 0.717) is 16.8 Å². The number of allylic oxidation sites excluding steroid dienone is 1. The summed E-state index contributed by atoms with van der Waals surface area (Å²) in [5, 5.41) is 0. The summed E-state index contributed by atoms with van der Waals surface area (Å²) in [6.45, 7) is 9.24. The molecule has 286 valence electrons. The van der Waals surface area contributed by atoms with Crippen LogP contribution in [0.25, 0.3) is 5.69 Å². The second-order valence-corrected chi connectivity index (χ2v) is 13.5. The molecule has 1 fully saturated rings. The molecule has 0 N–H and O–H groups in total. The third kappa shape index (κ3) is 7.18. The van der Waals surface area contributed by atoms with Gasteiger partial charge in [0.2, 0.25) is 12.4 Å². The maximum atomic E-state index is 14.1. The zero-order valence-electron chi connectivity index (χ0n) is 30.6. The largest absolute Gasteiger partial charge is 0.483 e. The number of rotatable bonds is 9. The van der Waals surface area contributed by atoms with Crippen LogP contribution in [0, 0.1) is 0 Å². The van der Waals surface area contributed by atoms with E-state index < -0.39 is 84.2 Å². The van der Waals surface area contributed by atoms with E-state index in [9.17, 15) is 33.6 Å². The molecular formula is C37H39N3O14. The second-order valence-electron chi connectivity index (χ2n) is 13.5. The first-order valence-electron chi connectivity index (χ1n) is 17.0. The predicted octanol–water partition coefficient (Wildman–Crippen LogP) is 2.17. The molecular weight excluding hydrogens is 710 g/mol. The molecule has 2 aromatic carbocycles. The summed E-state index contributed by atoms with van der Waals surface area (Å²) in [5.74, 6) is -2.77. The summed E-state index contributed by atoms with van der Waals surface area (Å²) >= 11 is 0.